The standard InChI is InChI=1S/C21H18N4O5/c1-13(20-23-19(24-30-20)16-3-2-10-22-11-16)29-21(28)15-6-4-14(5-7-15)12-25-17(26)8-9-18(25)27/h2-7,10-11,13H,8-9,12H2,1H3. The quantitative estimate of drug-likeness (QED) is 0.453. The summed E-state index contributed by atoms with van der Waals surface area (Å²) < 4.78 is 10.6. The molecule has 0 spiro atoms. The average Bonchev–Trinajstić information content (AvgIpc) is 3.38. The Balaban J connectivity index is 1.38. The highest BCUT2D eigenvalue weighted by atomic mass is 16.6. The molecule has 4 rings (SSSR count). The van der Waals surface area contributed by atoms with Crippen LogP contribution in [0.2, 0.25) is 0 Å². The molecule has 9 nitrogen and oxygen atoms in total. The molecule has 1 aliphatic rings. The molecule has 1 fully saturated rings. The van der Waals surface area contributed by atoms with Crippen molar-refractivity contribution in [2.45, 2.75) is 32.4 Å². The summed E-state index contributed by atoms with van der Waals surface area (Å²) in [6.07, 6.45) is 3.01. The summed E-state index contributed by atoms with van der Waals surface area (Å²) in [5.41, 5.74) is 1.77. The maximum Gasteiger partial charge on any atom is 0.338 e. The maximum absolute atomic E-state index is 12.4. The number of hydrogen-bond acceptors (Lipinski definition) is 8. The highest BCUT2D eigenvalue weighted by Gasteiger charge is 2.28. The third-order valence-corrected chi connectivity index (χ3v) is 4.68. The van der Waals surface area contributed by atoms with Crippen molar-refractivity contribution in [3.05, 3.63) is 65.8 Å². The number of aromatic nitrogens is 3. The number of rotatable bonds is 6. The second-order valence-corrected chi connectivity index (χ2v) is 6.82. The molecule has 0 radical (unpaired) electrons. The lowest BCUT2D eigenvalue weighted by Gasteiger charge is -2.14. The van der Waals surface area contributed by atoms with Crippen molar-refractivity contribution in [1.29, 1.82) is 0 Å². The number of likely N-dealkylation sites (tertiary alicyclic amines) is 1. The predicted molar refractivity (Wildman–Crippen MR) is 103 cm³/mol. The van der Waals surface area contributed by atoms with E-state index in [1.54, 1.807) is 55.7 Å². The van der Waals surface area contributed by atoms with Crippen molar-refractivity contribution in [3.63, 3.8) is 0 Å². The molecule has 30 heavy (non-hydrogen) atoms. The first kappa shape index (κ1) is 19.4. The number of pyridine rings is 1. The molecule has 1 unspecified atom stereocenters. The number of amides is 2. The van der Waals surface area contributed by atoms with Crippen molar-refractivity contribution in [1.82, 2.24) is 20.0 Å². The van der Waals surface area contributed by atoms with Crippen LogP contribution < -0.4 is 0 Å². The second kappa shape index (κ2) is 8.24. The van der Waals surface area contributed by atoms with E-state index in [-0.39, 0.29) is 37.1 Å². The Morgan fingerprint density at radius 1 is 1.17 bits per heavy atom. The van der Waals surface area contributed by atoms with Gasteiger partial charge in [0.05, 0.1) is 12.1 Å². The molecule has 3 heterocycles. The summed E-state index contributed by atoms with van der Waals surface area (Å²) in [6.45, 7) is 1.83. The zero-order valence-electron chi connectivity index (χ0n) is 16.1. The first-order valence-electron chi connectivity index (χ1n) is 9.38. The van der Waals surface area contributed by atoms with Crippen molar-refractivity contribution >= 4 is 17.8 Å². The van der Waals surface area contributed by atoms with Crippen LogP contribution in [0.5, 0.6) is 0 Å². The summed E-state index contributed by atoms with van der Waals surface area (Å²) in [7, 11) is 0. The molecule has 0 N–H and O–H groups in total. The lowest BCUT2D eigenvalue weighted by atomic mass is 10.1. The van der Waals surface area contributed by atoms with E-state index in [1.807, 2.05) is 0 Å². The van der Waals surface area contributed by atoms with E-state index < -0.39 is 12.1 Å². The minimum atomic E-state index is -0.741. The van der Waals surface area contributed by atoms with E-state index >= 15 is 0 Å². The van der Waals surface area contributed by atoms with Gasteiger partial charge in [0.2, 0.25) is 17.6 Å². The lowest BCUT2D eigenvalue weighted by molar-refractivity contribution is -0.139. The lowest BCUT2D eigenvalue weighted by Crippen LogP contribution is -2.28. The number of benzene rings is 1. The SMILES string of the molecule is CC(OC(=O)c1ccc(CN2C(=O)CCC2=O)cc1)c1nc(-c2cccnc2)no1. The van der Waals surface area contributed by atoms with Gasteiger partial charge in [-0.05, 0) is 36.8 Å². The maximum atomic E-state index is 12.4. The molecule has 0 aliphatic carbocycles. The van der Waals surface area contributed by atoms with E-state index in [9.17, 15) is 14.4 Å². The molecule has 1 saturated heterocycles. The van der Waals surface area contributed by atoms with Crippen LogP contribution in [0.3, 0.4) is 0 Å². The molecule has 0 saturated carbocycles. The smallest absolute Gasteiger partial charge is 0.338 e. The third-order valence-electron chi connectivity index (χ3n) is 4.68. The van der Waals surface area contributed by atoms with Gasteiger partial charge in [-0.2, -0.15) is 4.98 Å². The molecule has 2 amide bonds. The number of carbonyl (C=O) groups is 3. The molecule has 9 heteroatoms. The molecular formula is C21H18N4O5. The minimum Gasteiger partial charge on any atom is -0.449 e. The monoisotopic (exact) mass is 406 g/mol. The molecule has 1 atom stereocenters. The Morgan fingerprint density at radius 2 is 1.90 bits per heavy atom. The van der Waals surface area contributed by atoms with Gasteiger partial charge in [-0.1, -0.05) is 17.3 Å². The van der Waals surface area contributed by atoms with Gasteiger partial charge in [0, 0.05) is 30.8 Å². The summed E-state index contributed by atoms with van der Waals surface area (Å²) in [5.74, 6) is -0.380. The molecule has 1 aliphatic heterocycles. The zero-order valence-corrected chi connectivity index (χ0v) is 16.1. The van der Waals surface area contributed by atoms with Crippen LogP contribution in [-0.4, -0.2) is 37.8 Å². The van der Waals surface area contributed by atoms with Crippen molar-refractivity contribution in [3.8, 4) is 11.4 Å². The van der Waals surface area contributed by atoms with E-state index in [0.29, 0.717) is 17.0 Å². The fourth-order valence-corrected chi connectivity index (χ4v) is 3.02. The van der Waals surface area contributed by atoms with Crippen molar-refractivity contribution < 1.29 is 23.6 Å². The van der Waals surface area contributed by atoms with Gasteiger partial charge in [-0.15, -0.1) is 0 Å². The van der Waals surface area contributed by atoms with E-state index in [2.05, 4.69) is 15.1 Å². The number of ether oxygens (including phenoxy) is 1. The largest absolute Gasteiger partial charge is 0.449 e. The van der Waals surface area contributed by atoms with Crippen LogP contribution in [0.25, 0.3) is 11.4 Å². The van der Waals surface area contributed by atoms with Gasteiger partial charge in [-0.25, -0.2) is 4.79 Å². The Bertz CT molecular complexity index is 1060. The highest BCUT2D eigenvalue weighted by molar-refractivity contribution is 6.01. The molecule has 0 bridgehead atoms. The van der Waals surface area contributed by atoms with Crippen LogP contribution in [-0.2, 0) is 20.9 Å². The second-order valence-electron chi connectivity index (χ2n) is 6.82. The van der Waals surface area contributed by atoms with Crippen LogP contribution in [0.1, 0.15) is 47.7 Å². The normalized spacial score (nSPS) is 14.8. The fourth-order valence-electron chi connectivity index (χ4n) is 3.02. The van der Waals surface area contributed by atoms with Crippen molar-refractivity contribution in [2.75, 3.05) is 0 Å². The Labute approximate surface area is 171 Å². The van der Waals surface area contributed by atoms with Crippen LogP contribution in [0.15, 0.2) is 53.3 Å². The van der Waals surface area contributed by atoms with Crippen LogP contribution in [0.4, 0.5) is 0 Å². The minimum absolute atomic E-state index is 0.171. The van der Waals surface area contributed by atoms with E-state index in [4.69, 9.17) is 9.26 Å². The number of esters is 1. The topological polar surface area (TPSA) is 115 Å². The number of nitrogens with zero attached hydrogens (tertiary/aromatic N) is 4. The Morgan fingerprint density at radius 3 is 2.57 bits per heavy atom. The summed E-state index contributed by atoms with van der Waals surface area (Å²) in [4.78, 5) is 45.3. The molecule has 152 valence electrons. The first-order valence-corrected chi connectivity index (χ1v) is 9.38. The molecule has 2 aromatic heterocycles. The fraction of sp³-hybridized carbons (Fsp3) is 0.238. The van der Waals surface area contributed by atoms with Gasteiger partial charge >= 0.3 is 5.97 Å². The average molecular weight is 406 g/mol. The van der Waals surface area contributed by atoms with E-state index in [1.165, 1.54) is 4.90 Å². The molecule has 1 aromatic carbocycles. The van der Waals surface area contributed by atoms with E-state index in [0.717, 1.165) is 5.56 Å². The Kier molecular flexibility index (Phi) is 5.34. The zero-order chi connectivity index (χ0) is 21.1. The van der Waals surface area contributed by atoms with Crippen LogP contribution >= 0.6 is 0 Å². The summed E-state index contributed by atoms with van der Waals surface area (Å²) in [5, 5.41) is 3.88. The van der Waals surface area contributed by atoms with Gasteiger partial charge < -0.3 is 9.26 Å². The molecular weight excluding hydrogens is 388 g/mol. The predicted octanol–water partition coefficient (Wildman–Crippen LogP) is 2.70. The molecule has 3 aromatic rings. The number of hydrogen-bond donors (Lipinski definition) is 0. The number of carbonyl (C=O) groups excluding carboxylic acids is 3. The third kappa shape index (κ3) is 4.09. The Hall–Kier alpha value is -3.88. The van der Waals surface area contributed by atoms with Gasteiger partial charge in [0.15, 0.2) is 6.10 Å². The van der Waals surface area contributed by atoms with Gasteiger partial charge in [0.25, 0.3) is 5.89 Å². The van der Waals surface area contributed by atoms with Crippen molar-refractivity contribution in [2.24, 2.45) is 0 Å². The van der Waals surface area contributed by atoms with Gasteiger partial charge in [0.1, 0.15) is 0 Å². The highest BCUT2D eigenvalue weighted by Crippen LogP contribution is 2.21. The number of imide groups is 1. The van der Waals surface area contributed by atoms with Gasteiger partial charge in [-0.3, -0.25) is 19.5 Å². The first-order chi connectivity index (χ1) is 14.5. The summed E-state index contributed by atoms with van der Waals surface area (Å²) >= 11 is 0. The summed E-state index contributed by atoms with van der Waals surface area (Å²) in [6, 6.07) is 10.1. The van der Waals surface area contributed by atoms with Crippen LogP contribution in [0, 0.1) is 0 Å².